The number of carboxylic acids is 1. The Balaban J connectivity index is 0. The summed E-state index contributed by atoms with van der Waals surface area (Å²) in [6.07, 6.45) is 3.22. The van der Waals surface area contributed by atoms with Gasteiger partial charge in [-0.05, 0) is 32.0 Å². The van der Waals surface area contributed by atoms with Crippen LogP contribution >= 0.6 is 24.8 Å². The van der Waals surface area contributed by atoms with Gasteiger partial charge >= 0.3 is 13.1 Å². The second-order valence-electron chi connectivity index (χ2n) is 6.01. The van der Waals surface area contributed by atoms with Crippen LogP contribution < -0.4 is 5.73 Å². The number of unbranched alkanes of at least 4 members (excludes halogenated alkanes) is 1. The van der Waals surface area contributed by atoms with Gasteiger partial charge in [-0.1, -0.05) is 12.8 Å². The number of likely N-dealkylation sites (tertiary alicyclic amines) is 1. The summed E-state index contributed by atoms with van der Waals surface area (Å²) in [5, 5.41) is 36.3. The highest BCUT2D eigenvalue weighted by Crippen LogP contribution is 2.19. The molecule has 0 radical (unpaired) electrons. The minimum atomic E-state index is -1.35. The molecule has 6 N–H and O–H groups in total. The number of nitrogens with two attached hydrogens (primary N) is 1. The molecule has 138 valence electrons. The van der Waals surface area contributed by atoms with Crippen LogP contribution in [0.25, 0.3) is 0 Å². The molecule has 1 fully saturated rings. The Morgan fingerprint density at radius 1 is 1.17 bits per heavy atom. The Morgan fingerprint density at radius 3 is 2.22 bits per heavy atom. The van der Waals surface area contributed by atoms with E-state index < -0.39 is 18.6 Å². The molecule has 10 heteroatoms. The number of hydrogen-bond acceptors (Lipinski definition) is 6. The van der Waals surface area contributed by atoms with Crippen molar-refractivity contribution in [2.75, 3.05) is 19.6 Å². The zero-order valence-corrected chi connectivity index (χ0v) is 14.9. The second-order valence-corrected chi connectivity index (χ2v) is 6.01. The van der Waals surface area contributed by atoms with E-state index in [1.807, 2.05) is 0 Å². The lowest BCUT2D eigenvalue weighted by Crippen LogP contribution is -2.50. The molecule has 1 heterocycles. The molecule has 1 atom stereocenters. The number of nitrogens with zero attached hydrogens (tertiary/aromatic N) is 1. The molecule has 1 rings (SSSR count). The van der Waals surface area contributed by atoms with E-state index in [0.29, 0.717) is 32.2 Å². The van der Waals surface area contributed by atoms with Gasteiger partial charge in [-0.3, -0.25) is 4.79 Å². The van der Waals surface area contributed by atoms with Crippen molar-refractivity contribution in [1.29, 1.82) is 0 Å². The van der Waals surface area contributed by atoms with Gasteiger partial charge in [-0.2, -0.15) is 0 Å². The summed E-state index contributed by atoms with van der Waals surface area (Å²) in [5.41, 5.74) is 4.73. The Bertz CT molecular complexity index is 333. The molecule has 0 aromatic rings. The molecule has 7 nitrogen and oxygen atoms in total. The van der Waals surface area contributed by atoms with E-state index in [-0.39, 0.29) is 37.2 Å². The van der Waals surface area contributed by atoms with Crippen molar-refractivity contribution in [1.82, 2.24) is 4.90 Å². The van der Waals surface area contributed by atoms with E-state index in [0.717, 1.165) is 25.9 Å². The number of aliphatic hydroxyl groups excluding tert-OH is 1. The van der Waals surface area contributed by atoms with Crippen LogP contribution in [0.4, 0.5) is 0 Å². The van der Waals surface area contributed by atoms with Crippen molar-refractivity contribution in [3.63, 3.8) is 0 Å². The first kappa shape index (κ1) is 25.2. The highest BCUT2D eigenvalue weighted by Gasteiger charge is 2.34. The zero-order chi connectivity index (χ0) is 15.9. The maximum atomic E-state index is 11.4. The minimum Gasteiger partial charge on any atom is -0.480 e. The summed E-state index contributed by atoms with van der Waals surface area (Å²) in [4.78, 5) is 13.5. The molecule has 1 aliphatic heterocycles. The number of carbonyl (C=O) groups is 1. The number of carboxylic acid groups (broad SMARTS) is 1. The monoisotopic (exact) mass is 374 g/mol. The highest BCUT2D eigenvalue weighted by molar-refractivity contribution is 6.40. The fourth-order valence-corrected chi connectivity index (χ4v) is 2.61. The van der Waals surface area contributed by atoms with Gasteiger partial charge in [0.1, 0.15) is 5.54 Å². The summed E-state index contributed by atoms with van der Waals surface area (Å²) in [7, 11) is -1.35. The van der Waals surface area contributed by atoms with Gasteiger partial charge in [-0.25, -0.2) is 0 Å². The second kappa shape index (κ2) is 12.3. The molecule has 1 aliphatic rings. The van der Waals surface area contributed by atoms with Crippen LogP contribution in [0.3, 0.4) is 0 Å². The molecule has 0 aromatic heterocycles. The summed E-state index contributed by atoms with van der Waals surface area (Å²) in [6.45, 7) is 2.15. The van der Waals surface area contributed by atoms with Crippen molar-refractivity contribution < 1.29 is 25.1 Å². The molecule has 0 unspecified atom stereocenters. The summed E-state index contributed by atoms with van der Waals surface area (Å²) in [6, 6.07) is 0. The van der Waals surface area contributed by atoms with E-state index >= 15 is 0 Å². The number of aliphatic hydroxyl groups is 1. The molecule has 0 spiro atoms. The van der Waals surface area contributed by atoms with Crippen LogP contribution in [0.1, 0.15) is 38.5 Å². The van der Waals surface area contributed by atoms with Gasteiger partial charge in [0.25, 0.3) is 0 Å². The van der Waals surface area contributed by atoms with Gasteiger partial charge in [0.05, 0.1) is 6.10 Å². The first-order chi connectivity index (χ1) is 9.83. The highest BCUT2D eigenvalue weighted by atomic mass is 35.5. The number of aliphatic carboxylic acids is 1. The van der Waals surface area contributed by atoms with E-state index in [9.17, 15) is 15.0 Å². The molecule has 0 bridgehead atoms. The lowest BCUT2D eigenvalue weighted by Gasteiger charge is -2.32. The number of piperidine rings is 1. The summed E-state index contributed by atoms with van der Waals surface area (Å²) < 4.78 is 0. The van der Waals surface area contributed by atoms with Crippen LogP contribution in [0.15, 0.2) is 0 Å². The van der Waals surface area contributed by atoms with Crippen molar-refractivity contribution in [3.8, 4) is 0 Å². The topological polar surface area (TPSA) is 127 Å². The lowest BCUT2D eigenvalue weighted by atomic mass is 9.81. The van der Waals surface area contributed by atoms with Crippen molar-refractivity contribution in [2.24, 2.45) is 5.73 Å². The third kappa shape index (κ3) is 9.71. The molecular formula is C13H29BCl2N2O5. The Labute approximate surface area is 150 Å². The smallest absolute Gasteiger partial charge is 0.451 e. The van der Waals surface area contributed by atoms with Gasteiger partial charge in [0, 0.05) is 19.6 Å². The van der Waals surface area contributed by atoms with E-state index in [1.165, 1.54) is 0 Å². The predicted octanol–water partition coefficient (Wildman–Crippen LogP) is 0.102. The molecule has 0 aromatic carbocycles. The number of halogens is 2. The van der Waals surface area contributed by atoms with E-state index in [2.05, 4.69) is 4.90 Å². The Kier molecular flexibility index (Phi) is 13.5. The molecule has 1 saturated heterocycles. The normalized spacial score (nSPS) is 18.4. The van der Waals surface area contributed by atoms with E-state index in [4.69, 9.17) is 15.8 Å². The van der Waals surface area contributed by atoms with Gasteiger partial charge in [0.15, 0.2) is 0 Å². The van der Waals surface area contributed by atoms with Gasteiger partial charge < -0.3 is 30.9 Å². The average Bonchev–Trinajstić information content (AvgIpc) is 2.42. The van der Waals surface area contributed by atoms with Crippen LogP contribution in [-0.4, -0.2) is 69.5 Å². The Hall–Kier alpha value is -0.0851. The third-order valence-corrected chi connectivity index (χ3v) is 4.19. The molecule has 0 amide bonds. The van der Waals surface area contributed by atoms with E-state index in [1.54, 1.807) is 0 Å². The maximum Gasteiger partial charge on any atom is 0.451 e. The first-order valence-corrected chi connectivity index (χ1v) is 7.62. The fourth-order valence-electron chi connectivity index (χ4n) is 2.61. The summed E-state index contributed by atoms with van der Waals surface area (Å²) in [5.74, 6) is -1.01. The largest absolute Gasteiger partial charge is 0.480 e. The van der Waals surface area contributed by atoms with Crippen LogP contribution in [0.2, 0.25) is 6.32 Å². The van der Waals surface area contributed by atoms with Gasteiger partial charge in [-0.15, -0.1) is 24.8 Å². The average molecular weight is 375 g/mol. The summed E-state index contributed by atoms with van der Waals surface area (Å²) >= 11 is 0. The van der Waals surface area contributed by atoms with Crippen LogP contribution in [0, 0.1) is 0 Å². The molecule has 0 saturated carbocycles. The lowest BCUT2D eigenvalue weighted by molar-refractivity contribution is -0.144. The predicted molar refractivity (Wildman–Crippen MR) is 94.2 cm³/mol. The fraction of sp³-hybridized carbons (Fsp3) is 0.923. The van der Waals surface area contributed by atoms with Crippen molar-refractivity contribution in [2.45, 2.75) is 56.5 Å². The van der Waals surface area contributed by atoms with Crippen LogP contribution in [0.5, 0.6) is 0 Å². The number of hydrogen-bond donors (Lipinski definition) is 5. The van der Waals surface area contributed by atoms with Crippen molar-refractivity contribution in [3.05, 3.63) is 0 Å². The first-order valence-electron chi connectivity index (χ1n) is 7.62. The molecule has 0 aliphatic carbocycles. The third-order valence-electron chi connectivity index (χ3n) is 4.19. The molecule has 23 heavy (non-hydrogen) atoms. The Morgan fingerprint density at radius 2 is 1.74 bits per heavy atom. The quantitative estimate of drug-likeness (QED) is 0.286. The maximum absolute atomic E-state index is 11.4. The number of rotatable bonds is 9. The van der Waals surface area contributed by atoms with Crippen LogP contribution in [-0.2, 0) is 4.79 Å². The standard InChI is InChI=1S/C13H27BN2O5.2ClH/c15-13(12(18)19,5-1-2-7-14(20)21)6-10-16-8-3-11(17)4-9-16;;/h11,17,20-21H,1-10,15H2,(H,18,19);2*1H/t13-;;/m1../s1. The zero-order valence-electron chi connectivity index (χ0n) is 13.3. The SMILES string of the molecule is Cl.Cl.N[C@](CCCCB(O)O)(CCN1CCC(O)CC1)C(=O)O. The molecular weight excluding hydrogens is 346 g/mol. The van der Waals surface area contributed by atoms with Gasteiger partial charge in [0.2, 0.25) is 0 Å². The minimum absolute atomic E-state index is 0. The van der Waals surface area contributed by atoms with Crippen molar-refractivity contribution >= 4 is 37.9 Å².